The van der Waals surface area contributed by atoms with Crippen LogP contribution in [0.4, 0.5) is 13.2 Å². The SMILES string of the molecule is CCOc1cc(/C=N\NC(=O)c2cccc(C(F)(F)F)c2)c(Br)cc1OCc1ccccc1C#N. The number of nitriles is 1. The van der Waals surface area contributed by atoms with Crippen LogP contribution in [0.2, 0.25) is 0 Å². The van der Waals surface area contributed by atoms with E-state index in [0.717, 1.165) is 23.8 Å². The fourth-order valence-electron chi connectivity index (χ4n) is 3.00. The van der Waals surface area contributed by atoms with Crippen LogP contribution in [-0.2, 0) is 12.8 Å². The van der Waals surface area contributed by atoms with Gasteiger partial charge in [-0.2, -0.15) is 23.5 Å². The van der Waals surface area contributed by atoms with Crippen LogP contribution in [0.3, 0.4) is 0 Å². The van der Waals surface area contributed by atoms with E-state index in [1.165, 1.54) is 12.3 Å². The molecule has 0 aliphatic heterocycles. The molecular formula is C25H19BrF3N3O3. The predicted molar refractivity (Wildman–Crippen MR) is 127 cm³/mol. The molecule has 10 heteroatoms. The average molecular weight is 546 g/mol. The third kappa shape index (κ3) is 6.83. The van der Waals surface area contributed by atoms with Gasteiger partial charge in [0.2, 0.25) is 0 Å². The van der Waals surface area contributed by atoms with E-state index in [2.05, 4.69) is 32.5 Å². The van der Waals surface area contributed by atoms with Crippen molar-refractivity contribution in [1.82, 2.24) is 5.43 Å². The van der Waals surface area contributed by atoms with Crippen molar-refractivity contribution in [2.24, 2.45) is 5.10 Å². The number of benzene rings is 3. The largest absolute Gasteiger partial charge is 0.490 e. The number of carbonyl (C=O) groups excluding carboxylic acids is 1. The van der Waals surface area contributed by atoms with Crippen LogP contribution in [0.15, 0.2) is 70.2 Å². The number of carbonyl (C=O) groups is 1. The van der Waals surface area contributed by atoms with Crippen LogP contribution in [0.25, 0.3) is 0 Å². The standard InChI is InChI=1S/C25H19BrF3N3O3/c1-2-34-22-11-19(14-31-32-24(33)16-8-5-9-20(10-16)25(27,28)29)21(26)12-23(22)35-15-18-7-4-3-6-17(18)13-30/h3-12,14H,2,15H2,1H3,(H,32,33)/b31-14-. The highest BCUT2D eigenvalue weighted by molar-refractivity contribution is 9.10. The molecular weight excluding hydrogens is 527 g/mol. The Balaban J connectivity index is 1.75. The summed E-state index contributed by atoms with van der Waals surface area (Å²) in [5.41, 5.74) is 2.87. The molecule has 180 valence electrons. The molecule has 0 bridgehead atoms. The first-order chi connectivity index (χ1) is 16.7. The van der Waals surface area contributed by atoms with Crippen molar-refractivity contribution in [1.29, 1.82) is 5.26 Å². The zero-order valence-corrected chi connectivity index (χ0v) is 20.0. The maximum atomic E-state index is 12.9. The van der Waals surface area contributed by atoms with Gasteiger partial charge in [-0.1, -0.05) is 24.3 Å². The minimum atomic E-state index is -4.55. The molecule has 0 heterocycles. The minimum absolute atomic E-state index is 0.150. The summed E-state index contributed by atoms with van der Waals surface area (Å²) in [4.78, 5) is 12.2. The van der Waals surface area contributed by atoms with Crippen molar-refractivity contribution in [2.75, 3.05) is 6.61 Å². The van der Waals surface area contributed by atoms with E-state index in [1.54, 1.807) is 37.3 Å². The number of ether oxygens (including phenoxy) is 2. The van der Waals surface area contributed by atoms with E-state index >= 15 is 0 Å². The molecule has 0 radical (unpaired) electrons. The van der Waals surface area contributed by atoms with Gasteiger partial charge in [0.1, 0.15) is 6.61 Å². The second-order valence-electron chi connectivity index (χ2n) is 7.09. The smallest absolute Gasteiger partial charge is 0.416 e. The number of amides is 1. The van der Waals surface area contributed by atoms with Crippen LogP contribution in [0, 0.1) is 11.3 Å². The van der Waals surface area contributed by atoms with Gasteiger partial charge in [-0.05, 0) is 59.3 Å². The summed E-state index contributed by atoms with van der Waals surface area (Å²) in [6, 6.07) is 16.5. The fraction of sp³-hybridized carbons (Fsp3) is 0.160. The quantitative estimate of drug-likeness (QED) is 0.274. The minimum Gasteiger partial charge on any atom is -0.490 e. The van der Waals surface area contributed by atoms with Gasteiger partial charge in [0.05, 0.1) is 30.0 Å². The zero-order valence-electron chi connectivity index (χ0n) is 18.4. The van der Waals surface area contributed by atoms with Crippen LogP contribution in [0.1, 0.15) is 39.5 Å². The third-order valence-corrected chi connectivity index (χ3v) is 5.39. The van der Waals surface area contributed by atoms with Crippen LogP contribution >= 0.6 is 15.9 Å². The summed E-state index contributed by atoms with van der Waals surface area (Å²) in [6.07, 6.45) is -3.23. The summed E-state index contributed by atoms with van der Waals surface area (Å²) < 4.78 is 50.7. The van der Waals surface area contributed by atoms with E-state index < -0.39 is 17.6 Å². The van der Waals surface area contributed by atoms with Gasteiger partial charge in [0.25, 0.3) is 5.91 Å². The molecule has 3 rings (SSSR count). The molecule has 1 N–H and O–H groups in total. The molecule has 0 unspecified atom stereocenters. The van der Waals surface area contributed by atoms with Crippen molar-refractivity contribution in [3.05, 3.63) is 93.0 Å². The lowest BCUT2D eigenvalue weighted by atomic mass is 10.1. The molecule has 0 saturated carbocycles. The number of hydrogen-bond donors (Lipinski definition) is 1. The number of hydrazone groups is 1. The first-order valence-corrected chi connectivity index (χ1v) is 11.1. The molecule has 0 fully saturated rings. The highest BCUT2D eigenvalue weighted by Gasteiger charge is 2.30. The molecule has 3 aromatic carbocycles. The van der Waals surface area contributed by atoms with E-state index in [0.29, 0.717) is 33.7 Å². The van der Waals surface area contributed by atoms with Gasteiger partial charge >= 0.3 is 6.18 Å². The Morgan fingerprint density at radius 1 is 1.11 bits per heavy atom. The first-order valence-electron chi connectivity index (χ1n) is 10.3. The lowest BCUT2D eigenvalue weighted by Crippen LogP contribution is -2.18. The molecule has 0 atom stereocenters. The van der Waals surface area contributed by atoms with Crippen LogP contribution < -0.4 is 14.9 Å². The topological polar surface area (TPSA) is 83.7 Å². The molecule has 1 amide bonds. The molecule has 6 nitrogen and oxygen atoms in total. The van der Waals surface area contributed by atoms with E-state index in [-0.39, 0.29) is 12.2 Å². The summed E-state index contributed by atoms with van der Waals surface area (Å²) in [7, 11) is 0. The van der Waals surface area contributed by atoms with Crippen LogP contribution in [0.5, 0.6) is 11.5 Å². The van der Waals surface area contributed by atoms with Gasteiger partial charge in [-0.25, -0.2) is 5.43 Å². The summed E-state index contributed by atoms with van der Waals surface area (Å²) in [5, 5.41) is 13.1. The second kappa shape index (κ2) is 11.5. The molecule has 0 saturated heterocycles. The van der Waals surface area contributed by atoms with E-state index in [1.807, 2.05) is 6.07 Å². The monoisotopic (exact) mass is 545 g/mol. The van der Waals surface area contributed by atoms with Gasteiger partial charge in [-0.15, -0.1) is 0 Å². The molecule has 0 spiro atoms. The lowest BCUT2D eigenvalue weighted by molar-refractivity contribution is -0.137. The van der Waals surface area contributed by atoms with Crippen LogP contribution in [-0.4, -0.2) is 18.7 Å². The molecule has 0 aromatic heterocycles. The Morgan fingerprint density at radius 3 is 2.57 bits per heavy atom. The number of halogens is 4. The van der Waals surface area contributed by atoms with Crippen molar-refractivity contribution in [2.45, 2.75) is 19.7 Å². The molecule has 0 aliphatic rings. The predicted octanol–water partition coefficient (Wildman–Crippen LogP) is 6.08. The van der Waals surface area contributed by atoms with E-state index in [4.69, 9.17) is 9.47 Å². The number of nitrogens with one attached hydrogen (secondary N) is 1. The summed E-state index contributed by atoms with van der Waals surface area (Å²) >= 11 is 3.41. The molecule has 3 aromatic rings. The number of rotatable bonds is 8. The highest BCUT2D eigenvalue weighted by atomic mass is 79.9. The number of hydrogen-bond acceptors (Lipinski definition) is 5. The van der Waals surface area contributed by atoms with Gasteiger partial charge < -0.3 is 9.47 Å². The normalized spacial score (nSPS) is 11.2. The van der Waals surface area contributed by atoms with Gasteiger partial charge in [-0.3, -0.25) is 4.79 Å². The van der Waals surface area contributed by atoms with E-state index in [9.17, 15) is 23.2 Å². The average Bonchev–Trinajstić information content (AvgIpc) is 2.84. The first kappa shape index (κ1) is 25.8. The fourth-order valence-corrected chi connectivity index (χ4v) is 3.43. The van der Waals surface area contributed by atoms with Crippen molar-refractivity contribution in [3.63, 3.8) is 0 Å². The maximum absolute atomic E-state index is 12.9. The Labute approximate surface area is 208 Å². The Kier molecular flexibility index (Phi) is 8.49. The van der Waals surface area contributed by atoms with Crippen molar-refractivity contribution < 1.29 is 27.4 Å². The summed E-state index contributed by atoms with van der Waals surface area (Å²) in [6.45, 7) is 2.31. The van der Waals surface area contributed by atoms with Crippen molar-refractivity contribution in [3.8, 4) is 17.6 Å². The van der Waals surface area contributed by atoms with Gasteiger partial charge in [0, 0.05) is 21.2 Å². The molecule has 35 heavy (non-hydrogen) atoms. The zero-order chi connectivity index (χ0) is 25.4. The highest BCUT2D eigenvalue weighted by Crippen LogP contribution is 2.34. The third-order valence-electron chi connectivity index (χ3n) is 4.71. The number of nitrogens with zero attached hydrogens (tertiary/aromatic N) is 2. The maximum Gasteiger partial charge on any atom is 0.416 e. The molecule has 0 aliphatic carbocycles. The Morgan fingerprint density at radius 2 is 1.86 bits per heavy atom. The second-order valence-corrected chi connectivity index (χ2v) is 7.94. The Hall–Kier alpha value is -3.84. The van der Waals surface area contributed by atoms with Gasteiger partial charge in [0.15, 0.2) is 11.5 Å². The summed E-state index contributed by atoms with van der Waals surface area (Å²) in [5.74, 6) is 0.0528. The lowest BCUT2D eigenvalue weighted by Gasteiger charge is -2.14. The Bertz CT molecular complexity index is 1290. The number of alkyl halides is 3. The van der Waals surface area contributed by atoms with Crippen molar-refractivity contribution >= 4 is 28.1 Å².